The molecule has 1 aromatic heterocycles. The first-order valence-electron chi connectivity index (χ1n) is 27.3. The largest absolute Gasteiger partial charge is 0.536 e. The molecule has 0 saturated carbocycles. The van der Waals surface area contributed by atoms with Gasteiger partial charge in [0.1, 0.15) is 23.1 Å². The second-order valence-electron chi connectivity index (χ2n) is 19.4. The molecule has 0 spiro atoms. The molecule has 0 aliphatic carbocycles. The van der Waals surface area contributed by atoms with Crippen LogP contribution in [0.1, 0.15) is 146 Å². The number of nitriles is 1. The summed E-state index contributed by atoms with van der Waals surface area (Å²) in [5.41, 5.74) is 4.29. The Bertz CT molecular complexity index is 2510. The van der Waals surface area contributed by atoms with Gasteiger partial charge in [-0.2, -0.15) is 5.26 Å². The van der Waals surface area contributed by atoms with Crippen LogP contribution in [0.5, 0.6) is 23.0 Å². The number of thiophene rings is 1. The number of ether oxygens (including phenoxy) is 4. The smallest absolute Gasteiger partial charge is 0.494 e. The molecule has 0 fully saturated rings. The van der Waals surface area contributed by atoms with Crippen LogP contribution in [0, 0.1) is 16.7 Å². The fourth-order valence-corrected chi connectivity index (χ4v) is 12.2. The van der Waals surface area contributed by atoms with Crippen molar-refractivity contribution in [1.82, 2.24) is 0 Å². The topological polar surface area (TPSA) is 121 Å². The lowest BCUT2D eigenvalue weighted by Gasteiger charge is -2.31. The van der Waals surface area contributed by atoms with Gasteiger partial charge in [0.05, 0.1) is 36.2 Å². The second-order valence-corrected chi connectivity index (χ2v) is 23.4. The summed E-state index contributed by atoms with van der Waals surface area (Å²) in [6.45, 7) is 11.3. The monoisotopic (exact) mass is 1060 g/mol. The van der Waals surface area contributed by atoms with Gasteiger partial charge in [0.15, 0.2) is 11.5 Å². The Morgan fingerprint density at radius 1 is 0.627 bits per heavy atom. The van der Waals surface area contributed by atoms with Gasteiger partial charge in [-0.3, -0.25) is 4.79 Å². The van der Waals surface area contributed by atoms with Crippen molar-refractivity contribution in [1.29, 1.82) is 5.26 Å². The summed E-state index contributed by atoms with van der Waals surface area (Å²) in [4.78, 5) is 17.5. The Kier molecular flexibility index (Phi) is 23.8. The third-order valence-electron chi connectivity index (χ3n) is 13.8. The molecular weight excluding hydrogens is 975 g/mol. The van der Waals surface area contributed by atoms with Crippen LogP contribution in [0.15, 0.2) is 103 Å². The minimum absolute atomic E-state index is 0.0626. The van der Waals surface area contributed by atoms with Crippen LogP contribution in [-0.2, 0) is 18.1 Å². The number of nitrogens with zero attached hydrogens (tertiary/aromatic N) is 2. The number of carbonyl (C=O) groups excluding carboxylic acids is 1. The van der Waals surface area contributed by atoms with Crippen molar-refractivity contribution in [2.75, 3.05) is 58.0 Å². The van der Waals surface area contributed by atoms with Crippen molar-refractivity contribution in [2.24, 2.45) is 5.41 Å². The van der Waals surface area contributed by atoms with Crippen molar-refractivity contribution in [3.63, 3.8) is 0 Å². The third kappa shape index (κ3) is 16.6. The highest BCUT2D eigenvalue weighted by molar-refractivity contribution is 7.14. The number of fused-ring (bicyclic) bond motifs is 1. The zero-order valence-corrected chi connectivity index (χ0v) is 47.5. The van der Waals surface area contributed by atoms with Gasteiger partial charge in [-0.15, -0.1) is 11.3 Å². The second kappa shape index (κ2) is 30.6. The van der Waals surface area contributed by atoms with E-state index in [9.17, 15) is 10.1 Å². The average molecular weight is 1060 g/mol. The maximum absolute atomic E-state index is 13.8. The minimum Gasteiger partial charge on any atom is -0.494 e. The van der Waals surface area contributed by atoms with Gasteiger partial charge in [0.2, 0.25) is 0 Å². The summed E-state index contributed by atoms with van der Waals surface area (Å²) in [6.07, 6.45) is 23.8. The Labute approximate surface area is 453 Å². The van der Waals surface area contributed by atoms with Gasteiger partial charge in [-0.05, 0) is 116 Å². The molecule has 5 aromatic rings. The standard InChI is InChI=1S/C62H81N3O8SSi/c1-8-12-16-20-42-70-54-33-29-52(30-34-54)65(53-31-35-55(36-32-53)71-43-21-17-13-9-2)51-27-22-48(23-28-51)24-39-57-59-60(73-47-62(46-72-59,40-18-14-10-3)41-19-15-11-4)58(74-57)44-49(45-63)61(66)64-50-25-37-56(38-26-50)75(67-5,68-6)69-7/h22-39,44H,8-21,40-43,46-47H2,1-7H3,(H,64,66)/b39-24+,49-44+. The number of unbranched alkanes of at least 4 members (excludes halogenated alkanes) is 10. The summed E-state index contributed by atoms with van der Waals surface area (Å²) in [6, 6.07) is 34.4. The van der Waals surface area contributed by atoms with Crippen molar-refractivity contribution in [2.45, 2.75) is 130 Å². The fourth-order valence-electron chi connectivity index (χ4n) is 9.33. The first-order chi connectivity index (χ1) is 36.7. The van der Waals surface area contributed by atoms with Crippen LogP contribution in [0.4, 0.5) is 22.7 Å². The van der Waals surface area contributed by atoms with Gasteiger partial charge in [-0.1, -0.05) is 135 Å². The predicted octanol–water partition coefficient (Wildman–Crippen LogP) is 15.9. The Hall–Kier alpha value is -5.88. The van der Waals surface area contributed by atoms with Crippen LogP contribution >= 0.6 is 11.3 Å². The first-order valence-corrected chi connectivity index (χ1v) is 29.9. The number of hydrogen-bond acceptors (Lipinski definition) is 11. The van der Waals surface area contributed by atoms with Gasteiger partial charge in [0, 0.05) is 54.7 Å². The van der Waals surface area contributed by atoms with E-state index < -0.39 is 14.7 Å². The third-order valence-corrected chi connectivity index (χ3v) is 17.5. The number of rotatable bonds is 32. The molecule has 4 aromatic carbocycles. The van der Waals surface area contributed by atoms with Crippen LogP contribution in [-0.4, -0.2) is 62.5 Å². The molecule has 0 atom stereocenters. The molecule has 0 unspecified atom stereocenters. The number of amides is 1. The molecule has 75 heavy (non-hydrogen) atoms. The van der Waals surface area contributed by atoms with E-state index in [-0.39, 0.29) is 11.0 Å². The molecule has 1 aliphatic rings. The highest BCUT2D eigenvalue weighted by Crippen LogP contribution is 2.49. The Morgan fingerprint density at radius 3 is 1.56 bits per heavy atom. The predicted molar refractivity (Wildman–Crippen MR) is 310 cm³/mol. The van der Waals surface area contributed by atoms with Crippen LogP contribution in [0.2, 0.25) is 0 Å². The average Bonchev–Trinajstić information content (AvgIpc) is 3.66. The molecule has 0 radical (unpaired) electrons. The van der Waals surface area contributed by atoms with Crippen molar-refractivity contribution in [3.05, 3.63) is 118 Å². The lowest BCUT2D eigenvalue weighted by molar-refractivity contribution is -0.112. The van der Waals surface area contributed by atoms with Crippen LogP contribution < -0.4 is 34.4 Å². The molecule has 402 valence electrons. The highest BCUT2D eigenvalue weighted by atomic mass is 32.1. The summed E-state index contributed by atoms with van der Waals surface area (Å²) < 4.78 is 42.8. The maximum Gasteiger partial charge on any atom is 0.536 e. The van der Waals surface area contributed by atoms with E-state index in [0.717, 1.165) is 108 Å². The molecule has 1 N–H and O–H groups in total. The normalized spacial score (nSPS) is 13.3. The molecule has 1 amide bonds. The molecular formula is C62H81N3O8SSi. The van der Waals surface area contributed by atoms with E-state index in [1.54, 1.807) is 51.7 Å². The zero-order chi connectivity index (χ0) is 53.3. The molecule has 13 heteroatoms. The van der Waals surface area contributed by atoms with E-state index >= 15 is 0 Å². The molecule has 6 rings (SSSR count). The molecule has 11 nitrogen and oxygen atoms in total. The lowest BCUT2D eigenvalue weighted by atomic mass is 9.79. The van der Waals surface area contributed by atoms with Gasteiger partial charge in [-0.25, -0.2) is 0 Å². The molecule has 1 aliphatic heterocycles. The quantitative estimate of drug-likeness (QED) is 0.0193. The van der Waals surface area contributed by atoms with E-state index in [4.69, 9.17) is 32.2 Å². The summed E-state index contributed by atoms with van der Waals surface area (Å²) in [5.74, 6) is 2.38. The van der Waals surface area contributed by atoms with E-state index in [0.29, 0.717) is 48.5 Å². The number of anilines is 4. The molecule has 0 saturated heterocycles. The van der Waals surface area contributed by atoms with Gasteiger partial charge < -0.3 is 42.4 Å². The Morgan fingerprint density at radius 2 is 1.09 bits per heavy atom. The SMILES string of the molecule is CCCCCCOc1ccc(N(c2ccc(/C=C/c3sc(/C=C(\C#N)C(=O)Nc4ccc([Si](OC)(OC)OC)cc4)c4c3OCC(CCCCC)(CCCCC)CO4)cc2)c2ccc(OCCCCCC)cc2)cc1. The molecule has 2 heterocycles. The number of nitrogens with one attached hydrogen (secondary N) is 1. The number of benzene rings is 4. The van der Waals surface area contributed by atoms with Gasteiger partial charge in [0.25, 0.3) is 5.91 Å². The number of hydrogen-bond donors (Lipinski definition) is 1. The van der Waals surface area contributed by atoms with Crippen LogP contribution in [0.3, 0.4) is 0 Å². The maximum atomic E-state index is 13.8. The minimum atomic E-state index is -3.07. The zero-order valence-electron chi connectivity index (χ0n) is 45.7. The fraction of sp³-hybridized carbons (Fsp3) is 0.452. The number of carbonyl (C=O) groups is 1. The summed E-state index contributed by atoms with van der Waals surface area (Å²) in [7, 11) is 1.57. The van der Waals surface area contributed by atoms with Gasteiger partial charge >= 0.3 is 8.80 Å². The van der Waals surface area contributed by atoms with E-state index in [1.165, 1.54) is 49.9 Å². The van der Waals surface area contributed by atoms with E-state index in [1.807, 2.05) is 0 Å². The highest BCUT2D eigenvalue weighted by Gasteiger charge is 2.41. The molecule has 0 bridgehead atoms. The summed E-state index contributed by atoms with van der Waals surface area (Å²) in [5, 5.41) is 14.1. The lowest BCUT2D eigenvalue weighted by Crippen LogP contribution is -2.54. The first kappa shape index (κ1) is 58.4. The van der Waals surface area contributed by atoms with Crippen LogP contribution in [0.25, 0.3) is 18.2 Å². The van der Waals surface area contributed by atoms with Crippen molar-refractivity contribution < 1.29 is 37.0 Å². The van der Waals surface area contributed by atoms with Crippen molar-refractivity contribution >= 4 is 72.2 Å². The van der Waals surface area contributed by atoms with Crippen molar-refractivity contribution in [3.8, 4) is 29.1 Å². The summed E-state index contributed by atoms with van der Waals surface area (Å²) >= 11 is 1.44. The van der Waals surface area contributed by atoms with E-state index in [2.05, 4.69) is 129 Å². The Balaban J connectivity index is 1.29.